The minimum Gasteiger partial charge on any atom is -0.389 e. The van der Waals surface area contributed by atoms with Crippen molar-refractivity contribution in [1.29, 1.82) is 0 Å². The fraction of sp³-hybridized carbons (Fsp3) is 0.176. The highest BCUT2D eigenvalue weighted by Gasteiger charge is 2.23. The lowest BCUT2D eigenvalue weighted by Crippen LogP contribution is -2.35. The first-order chi connectivity index (χ1) is 10.2. The predicted octanol–water partition coefficient (Wildman–Crippen LogP) is 2.91. The van der Waals surface area contributed by atoms with E-state index in [0.717, 1.165) is 30.6 Å². The van der Waals surface area contributed by atoms with Crippen molar-refractivity contribution in [3.8, 4) is 0 Å². The number of anilines is 1. The van der Waals surface area contributed by atoms with Crippen molar-refractivity contribution in [2.24, 2.45) is 5.73 Å². The average molecular weight is 296 g/mol. The summed E-state index contributed by atoms with van der Waals surface area (Å²) < 4.78 is 0. The predicted molar refractivity (Wildman–Crippen MR) is 88.8 cm³/mol. The topological polar surface area (TPSA) is 46.3 Å². The molecule has 0 unspecified atom stereocenters. The van der Waals surface area contributed by atoms with Crippen molar-refractivity contribution in [2.45, 2.75) is 12.8 Å². The van der Waals surface area contributed by atoms with E-state index in [2.05, 4.69) is 6.07 Å². The first kappa shape index (κ1) is 13.8. The molecule has 1 aliphatic rings. The number of fused-ring (bicyclic) bond motifs is 1. The summed E-state index contributed by atoms with van der Waals surface area (Å²) in [5, 5.41) is 0. The normalized spacial score (nSPS) is 13.6. The van der Waals surface area contributed by atoms with Gasteiger partial charge < -0.3 is 10.6 Å². The summed E-state index contributed by atoms with van der Waals surface area (Å²) in [5.74, 6) is 0.0247. The summed E-state index contributed by atoms with van der Waals surface area (Å²) in [4.78, 5) is 14.9. The molecule has 2 aromatic carbocycles. The Bertz CT molecular complexity index is 694. The molecular formula is C17H16N2OS. The highest BCUT2D eigenvalue weighted by molar-refractivity contribution is 7.80. The molecule has 106 valence electrons. The standard InChI is InChI=1S/C17H16N2OS/c18-16(21)13-7-9-14(10-8-13)17(20)19-11-3-5-12-4-1-2-6-15(12)19/h1-2,4,6-10H,3,5,11H2,(H2,18,21). The molecule has 0 aromatic heterocycles. The molecule has 0 fully saturated rings. The third-order valence-corrected chi connectivity index (χ3v) is 4.01. The third kappa shape index (κ3) is 2.67. The molecule has 2 aromatic rings. The number of rotatable bonds is 2. The minimum absolute atomic E-state index is 0.0247. The number of benzene rings is 2. The molecule has 0 radical (unpaired) electrons. The van der Waals surface area contributed by atoms with E-state index in [-0.39, 0.29) is 5.91 Å². The minimum atomic E-state index is 0.0247. The number of carbonyl (C=O) groups is 1. The molecule has 0 saturated heterocycles. The van der Waals surface area contributed by atoms with Crippen molar-refractivity contribution in [1.82, 2.24) is 0 Å². The Labute approximate surface area is 129 Å². The first-order valence-electron chi connectivity index (χ1n) is 6.96. The first-order valence-corrected chi connectivity index (χ1v) is 7.37. The summed E-state index contributed by atoms with van der Waals surface area (Å²) in [6.45, 7) is 0.757. The molecule has 1 heterocycles. The highest BCUT2D eigenvalue weighted by atomic mass is 32.1. The Hall–Kier alpha value is -2.20. The van der Waals surface area contributed by atoms with Gasteiger partial charge >= 0.3 is 0 Å². The van der Waals surface area contributed by atoms with Gasteiger partial charge in [0.15, 0.2) is 0 Å². The van der Waals surface area contributed by atoms with Gasteiger partial charge in [0.2, 0.25) is 0 Å². The number of amides is 1. The van der Waals surface area contributed by atoms with Gasteiger partial charge in [-0.25, -0.2) is 0 Å². The van der Waals surface area contributed by atoms with Crippen LogP contribution in [0, 0.1) is 0 Å². The monoisotopic (exact) mass is 296 g/mol. The third-order valence-electron chi connectivity index (χ3n) is 3.77. The number of aryl methyl sites for hydroxylation is 1. The number of nitrogens with zero attached hydrogens (tertiary/aromatic N) is 1. The molecule has 0 aliphatic carbocycles. The summed E-state index contributed by atoms with van der Waals surface area (Å²) >= 11 is 4.93. The molecule has 0 spiro atoms. The lowest BCUT2D eigenvalue weighted by atomic mass is 10.0. The Morgan fingerprint density at radius 3 is 2.43 bits per heavy atom. The summed E-state index contributed by atoms with van der Waals surface area (Å²) in [6.07, 6.45) is 2.02. The van der Waals surface area contributed by atoms with E-state index in [1.165, 1.54) is 5.56 Å². The molecule has 21 heavy (non-hydrogen) atoms. The Kier molecular flexibility index (Phi) is 3.71. The van der Waals surface area contributed by atoms with Crippen LogP contribution in [0.5, 0.6) is 0 Å². The number of hydrogen-bond acceptors (Lipinski definition) is 2. The van der Waals surface area contributed by atoms with Crippen molar-refractivity contribution in [2.75, 3.05) is 11.4 Å². The van der Waals surface area contributed by atoms with Crippen molar-refractivity contribution in [3.63, 3.8) is 0 Å². The van der Waals surface area contributed by atoms with Crippen LogP contribution in [-0.4, -0.2) is 17.4 Å². The quantitative estimate of drug-likeness (QED) is 0.867. The van der Waals surface area contributed by atoms with Crippen molar-refractivity contribution < 1.29 is 4.79 Å². The SMILES string of the molecule is NC(=S)c1ccc(C(=O)N2CCCc3ccccc32)cc1. The van der Waals surface area contributed by atoms with Crippen LogP contribution >= 0.6 is 12.2 Å². The molecular weight excluding hydrogens is 280 g/mol. The van der Waals surface area contributed by atoms with Crippen LogP contribution < -0.4 is 10.6 Å². The van der Waals surface area contributed by atoms with Crippen molar-refractivity contribution in [3.05, 3.63) is 65.2 Å². The van der Waals surface area contributed by atoms with Gasteiger partial charge in [-0.15, -0.1) is 0 Å². The second-order valence-corrected chi connectivity index (χ2v) is 5.57. The van der Waals surface area contributed by atoms with E-state index in [9.17, 15) is 4.79 Å². The average Bonchev–Trinajstić information content (AvgIpc) is 2.53. The molecule has 1 aliphatic heterocycles. The van der Waals surface area contributed by atoms with Crippen LogP contribution in [0.1, 0.15) is 27.9 Å². The van der Waals surface area contributed by atoms with Crippen LogP contribution in [0.2, 0.25) is 0 Å². The smallest absolute Gasteiger partial charge is 0.258 e. The van der Waals surface area contributed by atoms with Gasteiger partial charge in [-0.1, -0.05) is 42.5 Å². The molecule has 3 nitrogen and oxygen atoms in total. The van der Waals surface area contributed by atoms with Crippen LogP contribution in [0.15, 0.2) is 48.5 Å². The molecule has 4 heteroatoms. The number of nitrogens with two attached hydrogens (primary N) is 1. The maximum atomic E-state index is 12.7. The van der Waals surface area contributed by atoms with Crippen LogP contribution in [0.3, 0.4) is 0 Å². The zero-order chi connectivity index (χ0) is 14.8. The maximum Gasteiger partial charge on any atom is 0.258 e. The van der Waals surface area contributed by atoms with Gasteiger partial charge in [0.25, 0.3) is 5.91 Å². The number of thiocarbonyl (C=S) groups is 1. The van der Waals surface area contributed by atoms with Gasteiger partial charge in [0.05, 0.1) is 0 Å². The lowest BCUT2D eigenvalue weighted by Gasteiger charge is -2.29. The zero-order valence-electron chi connectivity index (χ0n) is 11.6. The van der Waals surface area contributed by atoms with E-state index in [1.807, 2.05) is 23.1 Å². The molecule has 1 amide bonds. The zero-order valence-corrected chi connectivity index (χ0v) is 12.4. The van der Waals surface area contributed by atoms with Crippen LogP contribution in [0.4, 0.5) is 5.69 Å². The molecule has 0 atom stereocenters. The number of carbonyl (C=O) groups excluding carboxylic acids is 1. The van der Waals surface area contributed by atoms with E-state index in [1.54, 1.807) is 24.3 Å². The van der Waals surface area contributed by atoms with Crippen LogP contribution in [0.25, 0.3) is 0 Å². The van der Waals surface area contributed by atoms with Gasteiger partial charge in [-0.2, -0.15) is 0 Å². The largest absolute Gasteiger partial charge is 0.389 e. The highest BCUT2D eigenvalue weighted by Crippen LogP contribution is 2.28. The number of para-hydroxylation sites is 1. The Balaban J connectivity index is 1.91. The van der Waals surface area contributed by atoms with E-state index in [4.69, 9.17) is 18.0 Å². The Morgan fingerprint density at radius 2 is 1.71 bits per heavy atom. The summed E-state index contributed by atoms with van der Waals surface area (Å²) in [6, 6.07) is 15.3. The fourth-order valence-electron chi connectivity index (χ4n) is 2.68. The number of hydrogen-bond donors (Lipinski definition) is 1. The van der Waals surface area contributed by atoms with E-state index in [0.29, 0.717) is 10.6 Å². The van der Waals surface area contributed by atoms with Crippen molar-refractivity contribution >= 4 is 28.8 Å². The molecule has 2 N–H and O–H groups in total. The molecule has 0 bridgehead atoms. The van der Waals surface area contributed by atoms with Crippen LogP contribution in [-0.2, 0) is 6.42 Å². The second-order valence-electron chi connectivity index (χ2n) is 5.13. The van der Waals surface area contributed by atoms with Gasteiger partial charge in [0.1, 0.15) is 4.99 Å². The summed E-state index contributed by atoms with van der Waals surface area (Å²) in [5.41, 5.74) is 9.27. The van der Waals surface area contributed by atoms with E-state index < -0.39 is 0 Å². The summed E-state index contributed by atoms with van der Waals surface area (Å²) in [7, 11) is 0. The molecule has 3 rings (SSSR count). The van der Waals surface area contributed by atoms with Gasteiger partial charge in [-0.05, 0) is 36.6 Å². The maximum absolute atomic E-state index is 12.7. The lowest BCUT2D eigenvalue weighted by molar-refractivity contribution is 0.0985. The van der Waals surface area contributed by atoms with Gasteiger partial charge in [-0.3, -0.25) is 4.79 Å². The fourth-order valence-corrected chi connectivity index (χ4v) is 2.81. The van der Waals surface area contributed by atoms with Gasteiger partial charge in [0, 0.05) is 23.4 Å². The van der Waals surface area contributed by atoms with E-state index >= 15 is 0 Å². The second kappa shape index (κ2) is 5.66. The molecule has 0 saturated carbocycles. The Morgan fingerprint density at radius 1 is 1.05 bits per heavy atom.